The number of carbonyl (C=O) groups is 2. The smallest absolute Gasteiger partial charge is 0.254 e. The first-order valence-electron chi connectivity index (χ1n) is 8.19. The summed E-state index contributed by atoms with van der Waals surface area (Å²) in [4.78, 5) is 34.2. The number of hydrogen-bond acceptors (Lipinski definition) is 5. The minimum absolute atomic E-state index is 0.0135. The van der Waals surface area contributed by atoms with Crippen molar-refractivity contribution in [1.82, 2.24) is 14.8 Å². The number of nitrogens with zero attached hydrogens (tertiary/aromatic N) is 3. The second kappa shape index (κ2) is 9.25. The van der Waals surface area contributed by atoms with E-state index in [1.54, 1.807) is 17.0 Å². The van der Waals surface area contributed by atoms with Gasteiger partial charge in [-0.3, -0.25) is 9.59 Å². The monoisotopic (exact) mass is 438 g/mol. The third kappa shape index (κ3) is 5.89. The molecule has 0 aliphatic heterocycles. The quantitative estimate of drug-likeness (QED) is 0.720. The Kier molecular flexibility index (Phi) is 7.31. The van der Waals surface area contributed by atoms with E-state index < -0.39 is 0 Å². The zero-order chi connectivity index (χ0) is 19.3. The molecular weight excluding hydrogens is 416 g/mol. The number of nitrogens with one attached hydrogen (secondary N) is 1. The Morgan fingerprint density at radius 2 is 1.81 bits per heavy atom. The van der Waals surface area contributed by atoms with Crippen LogP contribution in [0.5, 0.6) is 0 Å². The number of benzene rings is 1. The standard InChI is InChI=1S/C18H23BrN4O2S/c1-12-13(2)26-18(20-12)21-16(24)11-23(10-9-22(3)4)17(25)14-5-7-15(19)8-6-14/h5-8H,9-11H2,1-4H3,(H,20,21,24). The molecule has 1 aromatic carbocycles. The molecule has 2 amide bonds. The Morgan fingerprint density at radius 1 is 1.15 bits per heavy atom. The number of rotatable bonds is 7. The molecule has 1 N–H and O–H groups in total. The molecule has 0 aliphatic carbocycles. The highest BCUT2D eigenvalue weighted by Crippen LogP contribution is 2.21. The van der Waals surface area contributed by atoms with Crippen molar-refractivity contribution in [2.45, 2.75) is 13.8 Å². The first-order chi connectivity index (χ1) is 12.3. The third-order valence-electron chi connectivity index (χ3n) is 3.80. The molecule has 2 aromatic rings. The van der Waals surface area contributed by atoms with E-state index in [1.165, 1.54) is 11.3 Å². The average molecular weight is 439 g/mol. The predicted molar refractivity (Wildman–Crippen MR) is 109 cm³/mol. The van der Waals surface area contributed by atoms with E-state index in [0.717, 1.165) is 15.0 Å². The van der Waals surface area contributed by atoms with Gasteiger partial charge in [0.05, 0.1) is 5.69 Å². The van der Waals surface area contributed by atoms with E-state index in [0.29, 0.717) is 23.8 Å². The Morgan fingerprint density at radius 3 is 2.35 bits per heavy atom. The van der Waals surface area contributed by atoms with Crippen LogP contribution in [0.4, 0.5) is 5.13 Å². The highest BCUT2D eigenvalue weighted by Gasteiger charge is 2.20. The van der Waals surface area contributed by atoms with Crippen LogP contribution >= 0.6 is 27.3 Å². The summed E-state index contributed by atoms with van der Waals surface area (Å²) >= 11 is 4.80. The van der Waals surface area contributed by atoms with Crippen molar-refractivity contribution in [3.8, 4) is 0 Å². The average Bonchev–Trinajstić information content (AvgIpc) is 2.88. The number of likely N-dealkylation sites (N-methyl/N-ethyl adjacent to an activating group) is 1. The fourth-order valence-corrected chi connectivity index (χ4v) is 3.30. The zero-order valence-corrected chi connectivity index (χ0v) is 17.8. The maximum Gasteiger partial charge on any atom is 0.254 e. The lowest BCUT2D eigenvalue weighted by atomic mass is 10.2. The summed E-state index contributed by atoms with van der Waals surface area (Å²) in [5, 5.41) is 3.35. The molecule has 0 atom stereocenters. The van der Waals surface area contributed by atoms with E-state index in [9.17, 15) is 9.59 Å². The van der Waals surface area contributed by atoms with E-state index >= 15 is 0 Å². The minimum atomic E-state index is -0.247. The fourth-order valence-electron chi connectivity index (χ4n) is 2.21. The number of thiazole rings is 1. The van der Waals surface area contributed by atoms with Crippen LogP contribution in [0.1, 0.15) is 20.9 Å². The second-order valence-corrected chi connectivity index (χ2v) is 8.36. The van der Waals surface area contributed by atoms with Crippen molar-refractivity contribution >= 4 is 44.2 Å². The van der Waals surface area contributed by atoms with Crippen LogP contribution in [0.15, 0.2) is 28.7 Å². The van der Waals surface area contributed by atoms with Gasteiger partial charge in [-0.05, 0) is 52.2 Å². The molecule has 0 unspecified atom stereocenters. The summed E-state index contributed by atoms with van der Waals surface area (Å²) in [6, 6.07) is 7.14. The topological polar surface area (TPSA) is 65.5 Å². The fraction of sp³-hybridized carbons (Fsp3) is 0.389. The number of halogens is 1. The van der Waals surface area contributed by atoms with E-state index in [4.69, 9.17) is 0 Å². The predicted octanol–water partition coefficient (Wildman–Crippen LogP) is 3.16. The Bertz CT molecular complexity index is 754. The number of amides is 2. The number of hydrogen-bond donors (Lipinski definition) is 1. The van der Waals surface area contributed by atoms with Crippen molar-refractivity contribution in [1.29, 1.82) is 0 Å². The first kappa shape index (κ1) is 20.5. The van der Waals surface area contributed by atoms with Gasteiger partial charge in [-0.25, -0.2) is 4.98 Å². The van der Waals surface area contributed by atoms with Crippen molar-refractivity contribution in [2.24, 2.45) is 0 Å². The van der Waals surface area contributed by atoms with Crippen LogP contribution in [-0.2, 0) is 4.79 Å². The van der Waals surface area contributed by atoms with E-state index in [-0.39, 0.29) is 18.4 Å². The molecule has 0 saturated heterocycles. The Labute approximate surface area is 166 Å². The number of carbonyl (C=O) groups excluding carboxylic acids is 2. The summed E-state index contributed by atoms with van der Waals surface area (Å²) in [6.45, 7) is 4.99. The van der Waals surface area contributed by atoms with Gasteiger partial charge < -0.3 is 15.1 Å². The minimum Gasteiger partial charge on any atom is -0.328 e. The maximum atomic E-state index is 12.8. The van der Waals surface area contributed by atoms with Gasteiger partial charge in [0.1, 0.15) is 6.54 Å². The maximum absolute atomic E-state index is 12.8. The molecular formula is C18H23BrN4O2S. The van der Waals surface area contributed by atoms with Crippen LogP contribution < -0.4 is 5.32 Å². The molecule has 0 fully saturated rings. The second-order valence-electron chi connectivity index (χ2n) is 6.25. The highest BCUT2D eigenvalue weighted by atomic mass is 79.9. The summed E-state index contributed by atoms with van der Waals surface area (Å²) in [7, 11) is 3.87. The molecule has 26 heavy (non-hydrogen) atoms. The molecule has 1 heterocycles. The lowest BCUT2D eigenvalue weighted by molar-refractivity contribution is -0.116. The van der Waals surface area contributed by atoms with Crippen molar-refractivity contribution in [3.63, 3.8) is 0 Å². The number of anilines is 1. The molecule has 0 saturated carbocycles. The SMILES string of the molecule is Cc1nc(NC(=O)CN(CCN(C)C)C(=O)c2ccc(Br)cc2)sc1C. The van der Waals surface area contributed by atoms with Gasteiger partial charge in [-0.15, -0.1) is 11.3 Å². The third-order valence-corrected chi connectivity index (χ3v) is 5.32. The summed E-state index contributed by atoms with van der Waals surface area (Å²) < 4.78 is 0.904. The lowest BCUT2D eigenvalue weighted by Gasteiger charge is -2.24. The number of aryl methyl sites for hydroxylation is 2. The van der Waals surface area contributed by atoms with Crippen LogP contribution in [-0.4, -0.2) is 60.3 Å². The van der Waals surface area contributed by atoms with Crippen molar-refractivity contribution in [2.75, 3.05) is 39.0 Å². The van der Waals surface area contributed by atoms with Gasteiger partial charge in [0.25, 0.3) is 5.91 Å². The van der Waals surface area contributed by atoms with E-state index in [2.05, 4.69) is 26.2 Å². The molecule has 6 nitrogen and oxygen atoms in total. The molecule has 1 aromatic heterocycles. The van der Waals surface area contributed by atoms with Crippen LogP contribution in [0.2, 0.25) is 0 Å². The summed E-state index contributed by atoms with van der Waals surface area (Å²) in [5.41, 5.74) is 1.46. The molecule has 0 spiro atoms. The number of aromatic nitrogens is 1. The normalized spacial score (nSPS) is 10.8. The van der Waals surface area contributed by atoms with Crippen molar-refractivity contribution in [3.05, 3.63) is 44.9 Å². The molecule has 0 aliphatic rings. The van der Waals surface area contributed by atoms with Gasteiger partial charge in [0.15, 0.2) is 5.13 Å². The van der Waals surface area contributed by atoms with Crippen LogP contribution in [0, 0.1) is 13.8 Å². The zero-order valence-electron chi connectivity index (χ0n) is 15.4. The first-order valence-corrected chi connectivity index (χ1v) is 9.80. The molecule has 140 valence electrons. The highest BCUT2D eigenvalue weighted by molar-refractivity contribution is 9.10. The summed E-state index contributed by atoms with van der Waals surface area (Å²) in [5.74, 6) is -0.413. The molecule has 8 heteroatoms. The van der Waals surface area contributed by atoms with Crippen LogP contribution in [0.25, 0.3) is 0 Å². The Balaban J connectivity index is 2.08. The van der Waals surface area contributed by atoms with Gasteiger partial charge >= 0.3 is 0 Å². The molecule has 2 rings (SSSR count). The van der Waals surface area contributed by atoms with Gasteiger partial charge in [0.2, 0.25) is 5.91 Å². The van der Waals surface area contributed by atoms with Crippen molar-refractivity contribution < 1.29 is 9.59 Å². The molecule has 0 radical (unpaired) electrons. The summed E-state index contributed by atoms with van der Waals surface area (Å²) in [6.07, 6.45) is 0. The largest absolute Gasteiger partial charge is 0.328 e. The van der Waals surface area contributed by atoms with E-state index in [1.807, 2.05) is 45.0 Å². The van der Waals surface area contributed by atoms with Gasteiger partial charge in [0, 0.05) is 28.0 Å². The molecule has 0 bridgehead atoms. The van der Waals surface area contributed by atoms with Gasteiger partial charge in [-0.2, -0.15) is 0 Å². The van der Waals surface area contributed by atoms with Crippen LogP contribution in [0.3, 0.4) is 0 Å². The Hall–Kier alpha value is -1.77. The van der Waals surface area contributed by atoms with Gasteiger partial charge in [-0.1, -0.05) is 15.9 Å². The lowest BCUT2D eigenvalue weighted by Crippen LogP contribution is -2.41.